The van der Waals surface area contributed by atoms with Crippen LogP contribution in [0.1, 0.15) is 36.6 Å². The topological polar surface area (TPSA) is 64.0 Å². The smallest absolute Gasteiger partial charge is 0.233 e. The Labute approximate surface area is 102 Å². The fourth-order valence-electron chi connectivity index (χ4n) is 2.30. The van der Waals surface area contributed by atoms with Crippen LogP contribution in [0, 0.1) is 0 Å². The first-order valence-electron chi connectivity index (χ1n) is 5.69. The molecule has 0 spiro atoms. The van der Waals surface area contributed by atoms with Crippen molar-refractivity contribution in [3.05, 3.63) is 29.4 Å². The molecule has 1 unspecified atom stereocenters. The molecule has 2 rings (SSSR count). The van der Waals surface area contributed by atoms with Crippen molar-refractivity contribution in [2.24, 2.45) is 7.05 Å². The molecule has 0 fully saturated rings. The lowest BCUT2D eigenvalue weighted by atomic mass is 10.1. The maximum absolute atomic E-state index is 11.6. The number of hydrogen-bond acceptors (Lipinski definition) is 3. The quantitative estimate of drug-likeness (QED) is 0.827. The molecule has 0 amide bonds. The Kier molecular flexibility index (Phi) is 3.35. The Morgan fingerprint density at radius 3 is 3.06 bits per heavy atom. The van der Waals surface area contributed by atoms with E-state index in [0.29, 0.717) is 0 Å². The molecular formula is C11H17N3O2S. The van der Waals surface area contributed by atoms with Crippen LogP contribution in [-0.2, 0) is 23.5 Å². The van der Waals surface area contributed by atoms with Crippen LogP contribution >= 0.6 is 0 Å². The Morgan fingerprint density at radius 1 is 1.59 bits per heavy atom. The van der Waals surface area contributed by atoms with E-state index < -0.39 is 10.0 Å². The summed E-state index contributed by atoms with van der Waals surface area (Å²) in [6.45, 7) is 3.31. The fraction of sp³-hybridized carbons (Fsp3) is 0.545. The van der Waals surface area contributed by atoms with Gasteiger partial charge in [-0.2, -0.15) is 5.10 Å². The van der Waals surface area contributed by atoms with Crippen molar-refractivity contribution in [1.29, 1.82) is 0 Å². The van der Waals surface area contributed by atoms with Gasteiger partial charge >= 0.3 is 0 Å². The van der Waals surface area contributed by atoms with Crippen LogP contribution in [-0.4, -0.2) is 18.2 Å². The minimum absolute atomic E-state index is 0.192. The Morgan fingerprint density at radius 2 is 2.35 bits per heavy atom. The molecule has 1 atom stereocenters. The molecule has 0 radical (unpaired) electrons. The molecule has 0 aliphatic heterocycles. The van der Waals surface area contributed by atoms with E-state index in [2.05, 4.69) is 16.4 Å². The predicted octanol–water partition coefficient (Wildman–Crippen LogP) is 1.25. The lowest BCUT2D eigenvalue weighted by molar-refractivity contribution is 0.512. The summed E-state index contributed by atoms with van der Waals surface area (Å²) in [7, 11) is -1.55. The summed E-state index contributed by atoms with van der Waals surface area (Å²) in [4.78, 5) is 0. The van der Waals surface area contributed by atoms with E-state index in [1.54, 1.807) is 4.68 Å². The second kappa shape index (κ2) is 4.62. The first kappa shape index (κ1) is 12.3. The fourth-order valence-corrected chi connectivity index (χ4v) is 3.02. The maximum Gasteiger partial charge on any atom is 0.233 e. The first-order chi connectivity index (χ1) is 8.03. The van der Waals surface area contributed by atoms with Gasteiger partial charge in [0.1, 0.15) is 0 Å². The summed E-state index contributed by atoms with van der Waals surface area (Å²) in [5, 5.41) is 5.15. The number of nitrogens with zero attached hydrogens (tertiary/aromatic N) is 2. The van der Waals surface area contributed by atoms with Crippen LogP contribution in [0.25, 0.3) is 0 Å². The lowest BCUT2D eigenvalue weighted by Crippen LogP contribution is -2.28. The van der Waals surface area contributed by atoms with Crippen LogP contribution in [0.3, 0.4) is 0 Å². The van der Waals surface area contributed by atoms with E-state index in [9.17, 15) is 8.42 Å². The molecule has 0 saturated carbocycles. The van der Waals surface area contributed by atoms with E-state index in [0.717, 1.165) is 42.3 Å². The number of fused-ring (bicyclic) bond motifs is 1. The van der Waals surface area contributed by atoms with Gasteiger partial charge < -0.3 is 0 Å². The number of aryl methyl sites for hydroxylation is 2. The van der Waals surface area contributed by atoms with Crippen LogP contribution < -0.4 is 4.72 Å². The van der Waals surface area contributed by atoms with Crippen molar-refractivity contribution >= 4 is 10.0 Å². The number of sulfonamides is 1. The Balaban J connectivity index is 2.34. The van der Waals surface area contributed by atoms with Gasteiger partial charge in [0.2, 0.25) is 10.0 Å². The predicted molar refractivity (Wildman–Crippen MR) is 65.8 cm³/mol. The Bertz CT molecular complexity index is 519. The standard InChI is InChI=1S/C11H17N3O2S/c1-3-17(15,16)13-10-7-5-4-6-9-8-12-14(2)11(9)10/h3,8,10,13H,1,4-7H2,2H3. The van der Waals surface area contributed by atoms with Gasteiger partial charge in [-0.3, -0.25) is 4.68 Å². The van der Waals surface area contributed by atoms with Gasteiger partial charge in [-0.1, -0.05) is 13.0 Å². The molecule has 6 heteroatoms. The summed E-state index contributed by atoms with van der Waals surface area (Å²) in [5.74, 6) is 0. The van der Waals surface area contributed by atoms with Gasteiger partial charge in [0.25, 0.3) is 0 Å². The molecule has 1 aromatic heterocycles. The van der Waals surface area contributed by atoms with E-state index in [1.165, 1.54) is 0 Å². The molecule has 1 N–H and O–H groups in total. The summed E-state index contributed by atoms with van der Waals surface area (Å²) in [6, 6.07) is -0.192. The maximum atomic E-state index is 11.6. The SMILES string of the molecule is C=CS(=O)(=O)NC1CCCCc2cnn(C)c21. The molecule has 94 valence electrons. The number of aromatic nitrogens is 2. The van der Waals surface area contributed by atoms with Gasteiger partial charge in [-0.05, 0) is 24.8 Å². The molecule has 5 nitrogen and oxygen atoms in total. The van der Waals surface area contributed by atoms with Crippen molar-refractivity contribution in [1.82, 2.24) is 14.5 Å². The summed E-state index contributed by atoms with van der Waals surface area (Å²) < 4.78 is 27.6. The van der Waals surface area contributed by atoms with Gasteiger partial charge in [-0.15, -0.1) is 0 Å². The molecule has 0 bridgehead atoms. The largest absolute Gasteiger partial charge is 0.271 e. The van der Waals surface area contributed by atoms with Crippen molar-refractivity contribution in [2.75, 3.05) is 0 Å². The number of nitrogens with one attached hydrogen (secondary N) is 1. The van der Waals surface area contributed by atoms with Crippen molar-refractivity contribution in [3.63, 3.8) is 0 Å². The highest BCUT2D eigenvalue weighted by atomic mass is 32.2. The van der Waals surface area contributed by atoms with E-state index in [4.69, 9.17) is 0 Å². The summed E-state index contributed by atoms with van der Waals surface area (Å²) in [6.07, 6.45) is 5.69. The van der Waals surface area contributed by atoms with E-state index in [-0.39, 0.29) is 6.04 Å². The molecule has 1 aliphatic rings. The highest BCUT2D eigenvalue weighted by Gasteiger charge is 2.25. The van der Waals surface area contributed by atoms with E-state index >= 15 is 0 Å². The lowest BCUT2D eigenvalue weighted by Gasteiger charge is -2.17. The van der Waals surface area contributed by atoms with E-state index in [1.807, 2.05) is 13.2 Å². The zero-order valence-corrected chi connectivity index (χ0v) is 10.7. The summed E-state index contributed by atoms with van der Waals surface area (Å²) >= 11 is 0. The van der Waals surface area contributed by atoms with Crippen LogP contribution in [0.4, 0.5) is 0 Å². The van der Waals surface area contributed by atoms with Gasteiger partial charge in [0.05, 0.1) is 17.9 Å². The monoisotopic (exact) mass is 255 g/mol. The zero-order chi connectivity index (χ0) is 12.5. The molecule has 0 aromatic carbocycles. The molecule has 0 saturated heterocycles. The third-order valence-electron chi connectivity index (χ3n) is 3.11. The number of hydrogen-bond donors (Lipinski definition) is 1. The highest BCUT2D eigenvalue weighted by molar-refractivity contribution is 7.92. The normalized spacial score (nSPS) is 20.6. The second-order valence-corrected chi connectivity index (χ2v) is 5.97. The number of rotatable bonds is 3. The average molecular weight is 255 g/mol. The minimum atomic E-state index is -3.40. The first-order valence-corrected chi connectivity index (χ1v) is 7.23. The molecule has 1 aliphatic carbocycles. The van der Waals surface area contributed by atoms with Crippen molar-refractivity contribution in [3.8, 4) is 0 Å². The zero-order valence-electron chi connectivity index (χ0n) is 9.89. The second-order valence-electron chi connectivity index (χ2n) is 4.31. The van der Waals surface area contributed by atoms with Crippen LogP contribution in [0.2, 0.25) is 0 Å². The molecular weight excluding hydrogens is 238 g/mol. The average Bonchev–Trinajstić information content (AvgIpc) is 2.53. The van der Waals surface area contributed by atoms with Crippen LogP contribution in [0.5, 0.6) is 0 Å². The molecule has 1 aromatic rings. The van der Waals surface area contributed by atoms with Crippen molar-refractivity contribution < 1.29 is 8.42 Å². The minimum Gasteiger partial charge on any atom is -0.271 e. The highest BCUT2D eigenvalue weighted by Crippen LogP contribution is 2.28. The van der Waals surface area contributed by atoms with Gasteiger partial charge in [0, 0.05) is 12.5 Å². The van der Waals surface area contributed by atoms with Crippen molar-refractivity contribution in [2.45, 2.75) is 31.7 Å². The van der Waals surface area contributed by atoms with Crippen LogP contribution in [0.15, 0.2) is 18.2 Å². The Hall–Kier alpha value is -1.14. The third kappa shape index (κ3) is 2.58. The summed E-state index contributed by atoms with van der Waals surface area (Å²) in [5.41, 5.74) is 2.12. The molecule has 1 heterocycles. The third-order valence-corrected chi connectivity index (χ3v) is 4.16. The van der Waals surface area contributed by atoms with Gasteiger partial charge in [-0.25, -0.2) is 13.1 Å². The van der Waals surface area contributed by atoms with Gasteiger partial charge in [0.15, 0.2) is 0 Å². The molecule has 17 heavy (non-hydrogen) atoms.